The van der Waals surface area contributed by atoms with Gasteiger partial charge in [-0.2, -0.15) is 5.10 Å². The Morgan fingerprint density at radius 3 is 2.74 bits per heavy atom. The van der Waals surface area contributed by atoms with Crippen LogP contribution in [0.2, 0.25) is 0 Å². The molecule has 0 saturated heterocycles. The van der Waals surface area contributed by atoms with Crippen molar-refractivity contribution in [1.82, 2.24) is 19.7 Å². The number of hydrogen-bond donors (Lipinski definition) is 1. The fourth-order valence-electron chi connectivity index (χ4n) is 3.50. The Morgan fingerprint density at radius 1 is 1.03 bits per heavy atom. The summed E-state index contributed by atoms with van der Waals surface area (Å²) in [6.45, 7) is 5.59. The summed E-state index contributed by atoms with van der Waals surface area (Å²) < 4.78 is 7.43. The summed E-state index contributed by atoms with van der Waals surface area (Å²) >= 11 is 1.63. The Hall–Kier alpha value is -3.19. The molecule has 3 heterocycles. The van der Waals surface area contributed by atoms with Crippen LogP contribution in [0.5, 0.6) is 5.75 Å². The number of thiazole rings is 1. The van der Waals surface area contributed by atoms with Crippen molar-refractivity contribution in [2.75, 3.05) is 12.4 Å². The highest BCUT2D eigenvalue weighted by molar-refractivity contribution is 7.19. The molecular formula is C24H27N5OS. The van der Waals surface area contributed by atoms with Crippen molar-refractivity contribution in [3.63, 3.8) is 0 Å². The number of ether oxygens (including phenoxy) is 1. The molecule has 3 aromatic heterocycles. The summed E-state index contributed by atoms with van der Waals surface area (Å²) in [6, 6.07) is 16.3. The van der Waals surface area contributed by atoms with E-state index in [1.165, 1.54) is 0 Å². The maximum Gasteiger partial charge on any atom is 0.183 e. The van der Waals surface area contributed by atoms with Crippen LogP contribution in [0, 0.1) is 13.8 Å². The van der Waals surface area contributed by atoms with Crippen molar-refractivity contribution in [2.24, 2.45) is 0 Å². The molecule has 1 aromatic carbocycles. The standard InChI is InChI=1S/C24H27N5OS/c1-17-8-6-10-20(26-17)11-7-14-29-15-13-21(28-29)23-18(2)27-24(31-23)25-16-19-9-4-5-12-22(19)30-3/h4-6,8-10,12-13,15H,7,11,14,16H2,1-3H3,(H,25,27). The Labute approximate surface area is 187 Å². The first kappa shape index (κ1) is 21.1. The predicted octanol–water partition coefficient (Wildman–Crippen LogP) is 5.27. The molecule has 0 aliphatic carbocycles. The van der Waals surface area contributed by atoms with Gasteiger partial charge in [0.15, 0.2) is 5.13 Å². The minimum absolute atomic E-state index is 0.665. The van der Waals surface area contributed by atoms with Gasteiger partial charge in [0.05, 0.1) is 17.7 Å². The van der Waals surface area contributed by atoms with Crippen LogP contribution in [0.3, 0.4) is 0 Å². The molecule has 0 saturated carbocycles. The SMILES string of the molecule is COc1ccccc1CNc1nc(C)c(-c2ccn(CCCc3cccc(C)n3)n2)s1. The number of aryl methyl sites for hydroxylation is 4. The van der Waals surface area contributed by atoms with Gasteiger partial charge in [-0.1, -0.05) is 35.6 Å². The summed E-state index contributed by atoms with van der Waals surface area (Å²) in [5, 5.41) is 9.07. The van der Waals surface area contributed by atoms with Crippen molar-refractivity contribution >= 4 is 16.5 Å². The van der Waals surface area contributed by atoms with Crippen LogP contribution in [-0.2, 0) is 19.5 Å². The Bertz CT molecular complexity index is 1150. The van der Waals surface area contributed by atoms with Gasteiger partial charge in [0.25, 0.3) is 0 Å². The quantitative estimate of drug-likeness (QED) is 0.389. The number of methoxy groups -OCH3 is 1. The zero-order chi connectivity index (χ0) is 21.6. The van der Waals surface area contributed by atoms with Crippen LogP contribution in [0.4, 0.5) is 5.13 Å². The third-order valence-corrected chi connectivity index (χ3v) is 6.20. The molecule has 0 atom stereocenters. The number of nitrogens with zero attached hydrogens (tertiary/aromatic N) is 4. The highest BCUT2D eigenvalue weighted by atomic mass is 32.1. The molecule has 6 nitrogen and oxygen atoms in total. The number of para-hydroxylation sites is 1. The zero-order valence-electron chi connectivity index (χ0n) is 18.1. The van der Waals surface area contributed by atoms with Gasteiger partial charge in [0.1, 0.15) is 11.4 Å². The largest absolute Gasteiger partial charge is 0.496 e. The van der Waals surface area contributed by atoms with Crippen LogP contribution in [0.1, 0.15) is 29.1 Å². The van der Waals surface area contributed by atoms with Crippen molar-refractivity contribution in [1.29, 1.82) is 0 Å². The predicted molar refractivity (Wildman–Crippen MR) is 126 cm³/mol. The van der Waals surface area contributed by atoms with Crippen LogP contribution in [-0.4, -0.2) is 26.9 Å². The third-order valence-electron chi connectivity index (χ3n) is 5.06. The van der Waals surface area contributed by atoms with Crippen LogP contribution < -0.4 is 10.1 Å². The minimum Gasteiger partial charge on any atom is -0.496 e. The van der Waals surface area contributed by atoms with E-state index >= 15 is 0 Å². The van der Waals surface area contributed by atoms with Gasteiger partial charge in [0.2, 0.25) is 0 Å². The fourth-order valence-corrected chi connectivity index (χ4v) is 4.42. The maximum absolute atomic E-state index is 5.43. The second-order valence-corrected chi connectivity index (χ2v) is 8.44. The maximum atomic E-state index is 5.43. The monoisotopic (exact) mass is 433 g/mol. The van der Waals surface area contributed by atoms with Crippen molar-refractivity contribution in [2.45, 2.75) is 39.8 Å². The van der Waals surface area contributed by atoms with E-state index in [-0.39, 0.29) is 0 Å². The molecule has 7 heteroatoms. The van der Waals surface area contributed by atoms with Gasteiger partial charge in [-0.25, -0.2) is 4.98 Å². The summed E-state index contributed by atoms with van der Waals surface area (Å²) in [5.41, 5.74) is 5.26. The molecule has 4 aromatic rings. The number of rotatable bonds is 9. The average Bonchev–Trinajstić information content (AvgIpc) is 3.38. The van der Waals surface area contributed by atoms with Gasteiger partial charge in [0, 0.05) is 36.2 Å². The number of pyridine rings is 1. The molecule has 0 spiro atoms. The highest BCUT2D eigenvalue weighted by Crippen LogP contribution is 2.32. The van der Waals surface area contributed by atoms with Gasteiger partial charge < -0.3 is 10.1 Å². The van der Waals surface area contributed by atoms with Gasteiger partial charge >= 0.3 is 0 Å². The average molecular weight is 434 g/mol. The van der Waals surface area contributed by atoms with Gasteiger partial charge in [-0.3, -0.25) is 9.67 Å². The molecule has 0 bridgehead atoms. The van der Waals surface area contributed by atoms with E-state index in [9.17, 15) is 0 Å². The molecule has 0 aliphatic rings. The second-order valence-electron chi connectivity index (χ2n) is 7.44. The molecular weight excluding hydrogens is 406 g/mol. The van der Waals surface area contributed by atoms with E-state index in [4.69, 9.17) is 9.84 Å². The zero-order valence-corrected chi connectivity index (χ0v) is 18.9. The molecule has 4 rings (SSSR count). The first-order chi connectivity index (χ1) is 15.1. The third kappa shape index (κ3) is 5.30. The normalized spacial score (nSPS) is 10.9. The van der Waals surface area contributed by atoms with E-state index < -0.39 is 0 Å². The smallest absolute Gasteiger partial charge is 0.183 e. The van der Waals surface area contributed by atoms with E-state index in [1.807, 2.05) is 49.0 Å². The summed E-state index contributed by atoms with van der Waals surface area (Å²) in [6.07, 6.45) is 4.00. The molecule has 0 radical (unpaired) electrons. The lowest BCUT2D eigenvalue weighted by atomic mass is 10.2. The first-order valence-electron chi connectivity index (χ1n) is 10.4. The highest BCUT2D eigenvalue weighted by Gasteiger charge is 2.13. The van der Waals surface area contributed by atoms with E-state index in [0.29, 0.717) is 6.54 Å². The summed E-state index contributed by atoms with van der Waals surface area (Å²) in [4.78, 5) is 10.4. The number of benzene rings is 1. The molecule has 0 unspecified atom stereocenters. The number of anilines is 1. The lowest BCUT2D eigenvalue weighted by Crippen LogP contribution is -2.01. The van der Waals surface area contributed by atoms with E-state index in [1.54, 1.807) is 18.4 Å². The molecule has 1 N–H and O–H groups in total. The number of hydrogen-bond acceptors (Lipinski definition) is 6. The molecule has 0 fully saturated rings. The van der Waals surface area contributed by atoms with Crippen LogP contribution in [0.15, 0.2) is 54.7 Å². The van der Waals surface area contributed by atoms with Crippen LogP contribution in [0.25, 0.3) is 10.6 Å². The Kier molecular flexibility index (Phi) is 6.62. The van der Waals surface area contributed by atoms with Crippen LogP contribution >= 0.6 is 11.3 Å². The number of aromatic nitrogens is 4. The van der Waals surface area contributed by atoms with Crippen molar-refractivity contribution in [3.05, 3.63) is 77.4 Å². The first-order valence-corrected chi connectivity index (χ1v) is 11.2. The second kappa shape index (κ2) is 9.75. The topological polar surface area (TPSA) is 64.9 Å². The fraction of sp³-hybridized carbons (Fsp3) is 0.292. The lowest BCUT2D eigenvalue weighted by molar-refractivity contribution is 0.410. The number of nitrogens with one attached hydrogen (secondary N) is 1. The summed E-state index contributed by atoms with van der Waals surface area (Å²) in [7, 11) is 1.69. The van der Waals surface area contributed by atoms with Gasteiger partial charge in [-0.15, -0.1) is 0 Å². The molecule has 0 amide bonds. The summed E-state index contributed by atoms with van der Waals surface area (Å²) in [5.74, 6) is 0.878. The lowest BCUT2D eigenvalue weighted by Gasteiger charge is -2.08. The van der Waals surface area contributed by atoms with E-state index in [0.717, 1.165) is 63.5 Å². The molecule has 160 valence electrons. The van der Waals surface area contributed by atoms with Crippen molar-refractivity contribution in [3.8, 4) is 16.3 Å². The van der Waals surface area contributed by atoms with E-state index in [2.05, 4.69) is 39.6 Å². The molecule has 31 heavy (non-hydrogen) atoms. The Balaban J connectivity index is 1.37. The Morgan fingerprint density at radius 2 is 1.90 bits per heavy atom. The van der Waals surface area contributed by atoms with Gasteiger partial charge in [-0.05, 0) is 51.0 Å². The molecule has 0 aliphatic heterocycles. The minimum atomic E-state index is 0.665. The van der Waals surface area contributed by atoms with Crippen molar-refractivity contribution < 1.29 is 4.74 Å².